The van der Waals surface area contributed by atoms with Gasteiger partial charge >= 0.3 is 0 Å². The predicted molar refractivity (Wildman–Crippen MR) is 145 cm³/mol. The second kappa shape index (κ2) is 8.51. The highest BCUT2D eigenvalue weighted by molar-refractivity contribution is 7.22. The van der Waals surface area contributed by atoms with E-state index in [0.29, 0.717) is 5.56 Å². The Morgan fingerprint density at radius 1 is 1.10 bits per heavy atom. The summed E-state index contributed by atoms with van der Waals surface area (Å²) in [6.07, 6.45) is 0.291. The zero-order chi connectivity index (χ0) is 28.0. The number of benzene rings is 2. The molecule has 3 aliphatic carbocycles. The van der Waals surface area contributed by atoms with Crippen LogP contribution in [-0.4, -0.2) is 68.5 Å². The van der Waals surface area contributed by atoms with Crippen LogP contribution in [0.25, 0.3) is 26.3 Å². The van der Waals surface area contributed by atoms with Crippen LogP contribution in [0.2, 0.25) is 0 Å². The summed E-state index contributed by atoms with van der Waals surface area (Å²) in [4.78, 5) is 41.7. The first kappa shape index (κ1) is 25.3. The number of amides is 1. The second-order valence-corrected chi connectivity index (χ2v) is 11.7. The standard InChI is InChI=1S/C29H26N2O7S/c1-31(2)23-16-10-13-9-15-14(19-11-12-5-3-4-6-18(12)39-19)7-8-17(32)21(15)24(33)20(13)26(35)29(16,38)27(36)22(25(23)34)28(30)37/h3-8,11,13,16,23,32-33,36,38H,9-10H2,1-2H3,(H2,30,37)/t13-,16-,23-,29-/m0/s1. The lowest BCUT2D eigenvalue weighted by Gasteiger charge is -2.50. The molecule has 6 rings (SSSR count). The van der Waals surface area contributed by atoms with E-state index in [1.807, 2.05) is 30.3 Å². The van der Waals surface area contributed by atoms with Crippen LogP contribution in [0.1, 0.15) is 17.5 Å². The maximum Gasteiger partial charge on any atom is 0.255 e. The molecule has 1 heterocycles. The molecule has 1 aromatic heterocycles. The van der Waals surface area contributed by atoms with Crippen molar-refractivity contribution in [3.8, 4) is 16.2 Å². The topological polar surface area (TPSA) is 161 Å². The van der Waals surface area contributed by atoms with Crippen molar-refractivity contribution in [2.45, 2.75) is 24.5 Å². The lowest BCUT2D eigenvalue weighted by Crippen LogP contribution is -2.65. The van der Waals surface area contributed by atoms with E-state index in [-0.39, 0.29) is 29.7 Å². The maximum absolute atomic E-state index is 13.9. The summed E-state index contributed by atoms with van der Waals surface area (Å²) in [5.41, 5.74) is 3.26. The van der Waals surface area contributed by atoms with Gasteiger partial charge in [-0.2, -0.15) is 0 Å². The number of Topliss-reactive ketones (excluding diaryl/α,β-unsaturated/α-hetero) is 2. The van der Waals surface area contributed by atoms with Crippen LogP contribution in [0.5, 0.6) is 5.75 Å². The maximum atomic E-state index is 13.9. The number of aromatic hydroxyl groups is 1. The fourth-order valence-corrected chi connectivity index (χ4v) is 7.70. The summed E-state index contributed by atoms with van der Waals surface area (Å²) in [5.74, 6) is -6.61. The van der Waals surface area contributed by atoms with E-state index < -0.39 is 58.0 Å². The number of thiophene rings is 1. The Morgan fingerprint density at radius 2 is 1.82 bits per heavy atom. The number of hydrogen-bond donors (Lipinski definition) is 5. The molecule has 0 unspecified atom stereocenters. The molecule has 6 N–H and O–H groups in total. The molecule has 0 saturated heterocycles. The van der Waals surface area contributed by atoms with E-state index in [4.69, 9.17) is 5.73 Å². The molecule has 1 amide bonds. The molecule has 0 bridgehead atoms. The van der Waals surface area contributed by atoms with Gasteiger partial charge in [0.05, 0.1) is 11.6 Å². The van der Waals surface area contributed by atoms with Gasteiger partial charge in [0.2, 0.25) is 5.78 Å². The molecular formula is C29H26N2O7S. The summed E-state index contributed by atoms with van der Waals surface area (Å²) in [6.45, 7) is 0. The monoisotopic (exact) mass is 546 g/mol. The molecule has 3 aromatic rings. The summed E-state index contributed by atoms with van der Waals surface area (Å²) in [5, 5.41) is 45.9. The smallest absolute Gasteiger partial charge is 0.255 e. The number of likely N-dealkylation sites (N-methyl/N-ethyl adjacent to an activating group) is 1. The molecule has 0 radical (unpaired) electrons. The number of hydrogen-bond acceptors (Lipinski definition) is 9. The summed E-state index contributed by atoms with van der Waals surface area (Å²) in [6, 6.07) is 12.0. The highest BCUT2D eigenvalue weighted by Gasteiger charge is 2.64. The first-order valence-electron chi connectivity index (χ1n) is 12.4. The van der Waals surface area contributed by atoms with Gasteiger partial charge in [0.15, 0.2) is 11.4 Å². The van der Waals surface area contributed by atoms with Crippen LogP contribution < -0.4 is 5.73 Å². The number of phenols is 1. The van der Waals surface area contributed by atoms with Crippen molar-refractivity contribution in [1.82, 2.24) is 4.90 Å². The summed E-state index contributed by atoms with van der Waals surface area (Å²) in [7, 11) is 3.15. The molecule has 39 heavy (non-hydrogen) atoms. The van der Waals surface area contributed by atoms with E-state index >= 15 is 0 Å². The van der Waals surface area contributed by atoms with Crippen molar-refractivity contribution in [2.24, 2.45) is 17.6 Å². The van der Waals surface area contributed by atoms with Crippen LogP contribution in [0.15, 0.2) is 59.4 Å². The van der Waals surface area contributed by atoms with Gasteiger partial charge < -0.3 is 26.2 Å². The number of ketones is 2. The van der Waals surface area contributed by atoms with Crippen molar-refractivity contribution in [1.29, 1.82) is 0 Å². The highest BCUT2D eigenvalue weighted by Crippen LogP contribution is 2.54. The number of carbonyl (C=O) groups is 3. The van der Waals surface area contributed by atoms with Crippen molar-refractivity contribution in [2.75, 3.05) is 14.1 Å². The number of aliphatic hydroxyl groups is 3. The molecule has 1 saturated carbocycles. The molecule has 0 spiro atoms. The van der Waals surface area contributed by atoms with Gasteiger partial charge in [0.1, 0.15) is 22.8 Å². The zero-order valence-electron chi connectivity index (χ0n) is 21.1. The average molecular weight is 547 g/mol. The van der Waals surface area contributed by atoms with Crippen molar-refractivity contribution in [3.63, 3.8) is 0 Å². The van der Waals surface area contributed by atoms with Crippen molar-refractivity contribution >= 4 is 44.7 Å². The fourth-order valence-electron chi connectivity index (χ4n) is 6.59. The number of aliphatic hydroxyl groups excluding tert-OH is 2. The van der Waals surface area contributed by atoms with E-state index in [0.717, 1.165) is 20.5 Å². The molecular weight excluding hydrogens is 520 g/mol. The molecule has 10 heteroatoms. The van der Waals surface area contributed by atoms with Crippen LogP contribution >= 0.6 is 11.3 Å². The predicted octanol–water partition coefficient (Wildman–Crippen LogP) is 2.85. The molecule has 3 aliphatic rings. The molecule has 200 valence electrons. The molecule has 4 atom stereocenters. The Kier molecular flexibility index (Phi) is 5.52. The van der Waals surface area contributed by atoms with Gasteiger partial charge in [-0.05, 0) is 73.6 Å². The van der Waals surface area contributed by atoms with Crippen LogP contribution in [0.3, 0.4) is 0 Å². The van der Waals surface area contributed by atoms with Gasteiger partial charge in [-0.15, -0.1) is 11.3 Å². The Hall–Kier alpha value is -3.99. The van der Waals surface area contributed by atoms with E-state index in [9.17, 15) is 34.8 Å². The number of phenolic OH excluding ortho intramolecular Hbond substituents is 1. The minimum atomic E-state index is -2.65. The first-order chi connectivity index (χ1) is 18.5. The normalized spacial score (nSPS) is 26.6. The number of nitrogens with zero attached hydrogens (tertiary/aromatic N) is 1. The lowest BCUT2D eigenvalue weighted by molar-refractivity contribution is -0.153. The number of carbonyl (C=O) groups excluding carboxylic acids is 3. The Morgan fingerprint density at radius 3 is 2.49 bits per heavy atom. The minimum Gasteiger partial charge on any atom is -0.508 e. The highest BCUT2D eigenvalue weighted by atomic mass is 32.1. The Bertz CT molecular complexity index is 1650. The third-order valence-corrected chi connectivity index (χ3v) is 9.44. The number of fused-ring (bicyclic) bond motifs is 4. The van der Waals surface area contributed by atoms with E-state index in [1.165, 1.54) is 11.0 Å². The third-order valence-electron chi connectivity index (χ3n) is 8.30. The van der Waals surface area contributed by atoms with E-state index in [2.05, 4.69) is 0 Å². The van der Waals surface area contributed by atoms with Gasteiger partial charge in [-0.1, -0.05) is 18.2 Å². The van der Waals surface area contributed by atoms with Crippen molar-refractivity contribution in [3.05, 3.63) is 70.5 Å². The van der Waals surface area contributed by atoms with Gasteiger partial charge in [0, 0.05) is 21.1 Å². The molecule has 2 aromatic carbocycles. The molecule has 9 nitrogen and oxygen atoms in total. The number of primary amides is 1. The first-order valence-corrected chi connectivity index (χ1v) is 13.3. The number of nitrogens with two attached hydrogens (primary N) is 1. The van der Waals surface area contributed by atoms with Gasteiger partial charge in [-0.3, -0.25) is 19.3 Å². The van der Waals surface area contributed by atoms with E-state index in [1.54, 1.807) is 31.5 Å². The second-order valence-electron chi connectivity index (χ2n) is 10.6. The van der Waals surface area contributed by atoms with Crippen molar-refractivity contribution < 1.29 is 34.8 Å². The molecule has 1 fully saturated rings. The largest absolute Gasteiger partial charge is 0.508 e. The summed E-state index contributed by atoms with van der Waals surface area (Å²) < 4.78 is 1.07. The quantitative estimate of drug-likeness (QED) is 0.313. The lowest BCUT2D eigenvalue weighted by atomic mass is 9.57. The third kappa shape index (κ3) is 3.35. The Balaban J connectivity index is 1.56. The Labute approximate surface area is 227 Å². The number of rotatable bonds is 3. The van der Waals surface area contributed by atoms with Crippen LogP contribution in [0.4, 0.5) is 0 Å². The van der Waals surface area contributed by atoms with Crippen LogP contribution in [-0.2, 0) is 20.8 Å². The zero-order valence-corrected chi connectivity index (χ0v) is 22.0. The minimum absolute atomic E-state index is 0.0489. The van der Waals surface area contributed by atoms with Gasteiger partial charge in [0.25, 0.3) is 5.91 Å². The average Bonchev–Trinajstić information content (AvgIpc) is 3.30. The molecule has 0 aliphatic heterocycles. The SMILES string of the molecule is CN(C)[C@@H]1C(=O)C(C(N)=O)=C(O)[C@@]2(O)C(=O)C3=C(O)c4c(O)ccc(-c5cc6ccccc6s5)c4C[C@H]3C[C@@H]12. The fraction of sp³-hybridized carbons (Fsp3) is 0.276. The van der Waals surface area contributed by atoms with Gasteiger partial charge in [-0.25, -0.2) is 0 Å². The van der Waals surface area contributed by atoms with Crippen LogP contribution in [0, 0.1) is 11.8 Å². The summed E-state index contributed by atoms with van der Waals surface area (Å²) >= 11 is 1.57.